The highest BCUT2D eigenvalue weighted by atomic mass is 79.9. The van der Waals surface area contributed by atoms with Crippen LogP contribution in [0.2, 0.25) is 5.02 Å². The maximum Gasteiger partial charge on any atom is 0.383 e. The van der Waals surface area contributed by atoms with Gasteiger partial charge < -0.3 is 5.32 Å². The predicted octanol–water partition coefficient (Wildman–Crippen LogP) is 3.34. The van der Waals surface area contributed by atoms with Crippen LogP contribution in [0.15, 0.2) is 16.9 Å². The average Bonchev–Trinajstić information content (AvgIpc) is 2.23. The molecule has 1 amide bonds. The molecule has 0 fully saturated rings. The van der Waals surface area contributed by atoms with E-state index in [4.69, 9.17) is 11.6 Å². The van der Waals surface area contributed by atoms with E-state index >= 15 is 0 Å². The Morgan fingerprint density at radius 1 is 1.53 bits per heavy atom. The highest BCUT2D eigenvalue weighted by molar-refractivity contribution is 9.10. The van der Waals surface area contributed by atoms with E-state index in [1.165, 1.54) is 6.20 Å². The first-order valence-corrected chi connectivity index (χ1v) is 5.20. The van der Waals surface area contributed by atoms with Gasteiger partial charge in [0.05, 0.1) is 10.7 Å². The van der Waals surface area contributed by atoms with Crippen LogP contribution in [0.4, 0.5) is 23.2 Å². The number of aromatic nitrogens is 1. The number of nitrogens with zero attached hydrogens (tertiary/aromatic N) is 1. The van der Waals surface area contributed by atoms with Crippen molar-refractivity contribution in [2.45, 2.75) is 12.3 Å². The largest absolute Gasteiger partial charge is 0.383 e. The summed E-state index contributed by atoms with van der Waals surface area (Å²) in [5.41, 5.74) is -0.220. The van der Waals surface area contributed by atoms with Crippen molar-refractivity contribution < 1.29 is 22.4 Å². The van der Waals surface area contributed by atoms with Gasteiger partial charge in [0, 0.05) is 6.20 Å². The third-order valence-electron chi connectivity index (χ3n) is 1.63. The Hall–Kier alpha value is -0.890. The number of rotatable bonds is 3. The highest BCUT2D eigenvalue weighted by Crippen LogP contribution is 2.28. The number of carbonyl (C=O) groups is 1. The smallest absolute Gasteiger partial charge is 0.318 e. The predicted molar refractivity (Wildman–Crippen MR) is 56.5 cm³/mol. The second kappa shape index (κ2) is 5.18. The van der Waals surface area contributed by atoms with Gasteiger partial charge in [-0.3, -0.25) is 4.79 Å². The molecule has 0 aliphatic heterocycles. The molecule has 1 rings (SSSR count). The van der Waals surface area contributed by atoms with Gasteiger partial charge in [-0.1, -0.05) is 11.6 Å². The number of alkyl halides is 4. The van der Waals surface area contributed by atoms with E-state index in [1.54, 1.807) is 5.32 Å². The van der Waals surface area contributed by atoms with Crippen molar-refractivity contribution in [1.82, 2.24) is 4.98 Å². The van der Waals surface area contributed by atoms with Crippen molar-refractivity contribution >= 4 is 39.1 Å². The van der Waals surface area contributed by atoms with Crippen LogP contribution in [0.3, 0.4) is 0 Å². The number of anilines is 1. The number of pyridine rings is 1. The Morgan fingerprint density at radius 2 is 2.12 bits per heavy atom. The van der Waals surface area contributed by atoms with Crippen LogP contribution in [-0.4, -0.2) is 23.2 Å². The van der Waals surface area contributed by atoms with Gasteiger partial charge in [0.25, 0.3) is 0 Å². The molecule has 0 aromatic carbocycles. The lowest BCUT2D eigenvalue weighted by molar-refractivity contribution is -0.163. The minimum absolute atomic E-state index is 0.000293. The summed E-state index contributed by atoms with van der Waals surface area (Å²) in [6.07, 6.45) is -2.90. The fraction of sp³-hybridized carbons (Fsp3) is 0.250. The number of nitrogens with one attached hydrogen (secondary N) is 1. The third-order valence-corrected chi connectivity index (χ3v) is 2.47. The fourth-order valence-electron chi connectivity index (χ4n) is 0.815. The molecular formula is C8H4BrClF4N2O. The number of hydrogen-bond donors (Lipinski definition) is 1. The summed E-state index contributed by atoms with van der Waals surface area (Å²) >= 11 is 8.35. The number of halogens is 6. The molecule has 17 heavy (non-hydrogen) atoms. The van der Waals surface area contributed by atoms with Gasteiger partial charge in [0.2, 0.25) is 0 Å². The average molecular weight is 335 g/mol. The molecule has 0 aliphatic carbocycles. The van der Waals surface area contributed by atoms with Gasteiger partial charge in [-0.15, -0.1) is 0 Å². The molecule has 0 unspecified atom stereocenters. The normalized spacial score (nSPS) is 11.7. The molecule has 94 valence electrons. The fourth-order valence-corrected chi connectivity index (χ4v) is 1.29. The second-order valence-corrected chi connectivity index (χ2v) is 4.06. The highest BCUT2D eigenvalue weighted by Gasteiger charge is 2.49. The van der Waals surface area contributed by atoms with Crippen molar-refractivity contribution in [3.05, 3.63) is 21.9 Å². The maximum atomic E-state index is 12.6. The number of carbonyl (C=O) groups excluding carboxylic acids is 1. The van der Waals surface area contributed by atoms with Crippen LogP contribution in [0.5, 0.6) is 0 Å². The summed E-state index contributed by atoms with van der Waals surface area (Å²) in [5, 5.41) is 1.67. The van der Waals surface area contributed by atoms with E-state index in [-0.39, 0.29) is 15.3 Å². The van der Waals surface area contributed by atoms with E-state index < -0.39 is 18.3 Å². The van der Waals surface area contributed by atoms with Crippen LogP contribution >= 0.6 is 27.5 Å². The molecule has 1 aromatic rings. The molecule has 1 N–H and O–H groups in total. The summed E-state index contributed by atoms with van der Waals surface area (Å²) in [6, 6.07) is 1.10. The molecule has 0 radical (unpaired) electrons. The molecule has 1 aromatic heterocycles. The van der Waals surface area contributed by atoms with Gasteiger partial charge >= 0.3 is 18.3 Å². The Bertz CT molecular complexity index is 444. The summed E-state index contributed by atoms with van der Waals surface area (Å²) in [4.78, 5) is 14.5. The SMILES string of the molecule is O=C(Nc1cc(Cl)cnc1Br)C(F)(F)C(F)F. The lowest BCUT2D eigenvalue weighted by Crippen LogP contribution is -2.41. The van der Waals surface area contributed by atoms with E-state index in [0.29, 0.717) is 0 Å². The number of amides is 1. The maximum absolute atomic E-state index is 12.6. The molecule has 3 nitrogen and oxygen atoms in total. The Balaban J connectivity index is 2.92. The summed E-state index contributed by atoms with van der Waals surface area (Å²) < 4.78 is 49.0. The molecule has 0 saturated heterocycles. The van der Waals surface area contributed by atoms with Crippen molar-refractivity contribution in [2.75, 3.05) is 5.32 Å². The molecule has 0 spiro atoms. The lowest BCUT2D eigenvalue weighted by atomic mass is 10.3. The first kappa shape index (κ1) is 14.2. The topological polar surface area (TPSA) is 42.0 Å². The van der Waals surface area contributed by atoms with Crippen LogP contribution < -0.4 is 5.32 Å². The first-order chi connectivity index (χ1) is 7.75. The first-order valence-electron chi connectivity index (χ1n) is 4.03. The zero-order valence-electron chi connectivity index (χ0n) is 7.86. The summed E-state index contributed by atoms with van der Waals surface area (Å²) in [6.45, 7) is 0. The van der Waals surface area contributed by atoms with Gasteiger partial charge in [0.1, 0.15) is 4.60 Å². The minimum Gasteiger partial charge on any atom is -0.318 e. The zero-order chi connectivity index (χ0) is 13.2. The van der Waals surface area contributed by atoms with Gasteiger partial charge in [-0.2, -0.15) is 8.78 Å². The third kappa shape index (κ3) is 3.29. The van der Waals surface area contributed by atoms with Crippen molar-refractivity contribution in [2.24, 2.45) is 0 Å². The van der Waals surface area contributed by atoms with Crippen LogP contribution in [0.1, 0.15) is 0 Å². The molecular weight excluding hydrogens is 331 g/mol. The van der Waals surface area contributed by atoms with E-state index in [9.17, 15) is 22.4 Å². The van der Waals surface area contributed by atoms with Crippen LogP contribution in [-0.2, 0) is 4.79 Å². The zero-order valence-corrected chi connectivity index (χ0v) is 10.2. The molecule has 0 aliphatic rings. The van der Waals surface area contributed by atoms with Gasteiger partial charge in [0.15, 0.2) is 0 Å². The summed E-state index contributed by atoms with van der Waals surface area (Å²) in [7, 11) is 0. The van der Waals surface area contributed by atoms with E-state index in [0.717, 1.165) is 6.07 Å². The molecule has 0 atom stereocenters. The van der Waals surface area contributed by atoms with Crippen molar-refractivity contribution in [1.29, 1.82) is 0 Å². The van der Waals surface area contributed by atoms with Gasteiger partial charge in [-0.05, 0) is 22.0 Å². The van der Waals surface area contributed by atoms with Crippen molar-refractivity contribution in [3.8, 4) is 0 Å². The minimum atomic E-state index is -4.78. The van der Waals surface area contributed by atoms with E-state index in [2.05, 4.69) is 20.9 Å². The number of hydrogen-bond acceptors (Lipinski definition) is 2. The van der Waals surface area contributed by atoms with E-state index in [1.807, 2.05) is 0 Å². The van der Waals surface area contributed by atoms with Gasteiger partial charge in [-0.25, -0.2) is 13.8 Å². The van der Waals surface area contributed by atoms with Crippen LogP contribution in [0, 0.1) is 0 Å². The second-order valence-electron chi connectivity index (χ2n) is 2.87. The molecule has 0 saturated carbocycles. The Labute approximate surface area is 106 Å². The monoisotopic (exact) mass is 334 g/mol. The Morgan fingerprint density at radius 3 is 2.65 bits per heavy atom. The van der Waals surface area contributed by atoms with Crippen LogP contribution in [0.25, 0.3) is 0 Å². The standard InChI is InChI=1S/C8H4BrClF4N2O/c9-5-4(1-3(10)2-15-5)16-7(17)8(13,14)6(11)12/h1-2,6H,(H,16,17). The Kier molecular flexibility index (Phi) is 4.31. The summed E-state index contributed by atoms with van der Waals surface area (Å²) in [5.74, 6) is -6.90. The van der Waals surface area contributed by atoms with Crippen molar-refractivity contribution in [3.63, 3.8) is 0 Å². The molecule has 1 heterocycles. The molecule has 0 bridgehead atoms. The molecule has 9 heteroatoms. The quantitative estimate of drug-likeness (QED) is 0.680. The lowest BCUT2D eigenvalue weighted by Gasteiger charge is -2.15.